The lowest BCUT2D eigenvalue weighted by molar-refractivity contribution is -0.334. The molecule has 2 atom stereocenters. The van der Waals surface area contributed by atoms with E-state index in [9.17, 15) is 0 Å². The standard InChI is InChI=1S/2C16H30O2.H2O/c2*1-2-4-8-12-15(11-7-3-1)16-13-9-5-6-10-14-17-18-16;/h2*15-16H,1-14H2;1H2. The van der Waals surface area contributed by atoms with Gasteiger partial charge in [-0.2, -0.15) is 0 Å². The van der Waals surface area contributed by atoms with Crippen LogP contribution in [0, 0.1) is 11.8 Å². The lowest BCUT2D eigenvalue weighted by Gasteiger charge is -2.25. The van der Waals surface area contributed by atoms with Gasteiger partial charge < -0.3 is 5.48 Å². The van der Waals surface area contributed by atoms with Crippen LogP contribution in [0.15, 0.2) is 0 Å². The summed E-state index contributed by atoms with van der Waals surface area (Å²) in [5, 5.41) is 0. The first-order valence-electron chi connectivity index (χ1n) is 16.5. The average Bonchev–Trinajstić information content (AvgIpc) is 3.26. The van der Waals surface area contributed by atoms with E-state index in [1.807, 2.05) is 0 Å². The molecule has 0 amide bonds. The fraction of sp³-hybridized carbons (Fsp3) is 1.00. The van der Waals surface area contributed by atoms with Crippen LogP contribution >= 0.6 is 0 Å². The summed E-state index contributed by atoms with van der Waals surface area (Å²) in [6.45, 7) is 1.59. The summed E-state index contributed by atoms with van der Waals surface area (Å²) in [7, 11) is 0. The molecule has 0 aromatic heterocycles. The van der Waals surface area contributed by atoms with E-state index in [4.69, 9.17) is 19.6 Å². The van der Waals surface area contributed by atoms with Gasteiger partial charge in [-0.1, -0.05) is 116 Å². The smallest absolute Gasteiger partial charge is 0.0958 e. The molecule has 4 rings (SSSR count). The second-order valence-electron chi connectivity index (χ2n) is 12.2. The topological polar surface area (TPSA) is 68.4 Å². The highest BCUT2D eigenvalue weighted by atomic mass is 17.2. The Hall–Kier alpha value is -0.200. The molecule has 4 fully saturated rings. The van der Waals surface area contributed by atoms with E-state index < -0.39 is 0 Å². The van der Waals surface area contributed by atoms with Crippen LogP contribution < -0.4 is 0 Å². The van der Waals surface area contributed by atoms with Gasteiger partial charge in [0.15, 0.2) is 0 Å². The van der Waals surface area contributed by atoms with Gasteiger partial charge in [-0.3, -0.25) is 0 Å². The van der Waals surface area contributed by atoms with Crippen molar-refractivity contribution in [2.45, 2.75) is 179 Å². The predicted molar refractivity (Wildman–Crippen MR) is 152 cm³/mol. The Morgan fingerprint density at radius 1 is 0.297 bits per heavy atom. The SMILES string of the molecule is C1CCCCC(C2CCCCCCOO2)CCC1.C1CCCCC(C2CCCCCCOO2)CCC1.O. The first-order valence-corrected chi connectivity index (χ1v) is 16.5. The van der Waals surface area contributed by atoms with Gasteiger partial charge in [0, 0.05) is 0 Å². The summed E-state index contributed by atoms with van der Waals surface area (Å²) in [4.78, 5) is 22.3. The average molecular weight is 527 g/mol. The Morgan fingerprint density at radius 2 is 0.568 bits per heavy atom. The van der Waals surface area contributed by atoms with Crippen molar-refractivity contribution >= 4 is 0 Å². The highest BCUT2D eigenvalue weighted by Crippen LogP contribution is 2.30. The van der Waals surface area contributed by atoms with Crippen LogP contribution in [-0.2, 0) is 19.6 Å². The molecule has 0 aromatic carbocycles. The number of hydrogen-bond acceptors (Lipinski definition) is 4. The number of hydrogen-bond donors (Lipinski definition) is 0. The Bertz CT molecular complexity index is 374. The molecule has 2 aliphatic heterocycles. The molecular formula is C32H62O5. The second-order valence-corrected chi connectivity index (χ2v) is 12.2. The van der Waals surface area contributed by atoms with Crippen LogP contribution in [0.3, 0.4) is 0 Å². The van der Waals surface area contributed by atoms with E-state index in [1.165, 1.54) is 154 Å². The Balaban J connectivity index is 0.000000253. The van der Waals surface area contributed by atoms with Crippen LogP contribution in [0.2, 0.25) is 0 Å². The Morgan fingerprint density at radius 3 is 0.919 bits per heavy atom. The molecule has 0 bridgehead atoms. The molecule has 2 N–H and O–H groups in total. The molecule has 37 heavy (non-hydrogen) atoms. The van der Waals surface area contributed by atoms with Gasteiger partial charge in [0.25, 0.3) is 0 Å². The Kier molecular flexibility index (Phi) is 20.2. The van der Waals surface area contributed by atoms with Gasteiger partial charge in [0.05, 0.1) is 25.4 Å². The van der Waals surface area contributed by atoms with Crippen LogP contribution in [0.4, 0.5) is 0 Å². The van der Waals surface area contributed by atoms with E-state index in [0.29, 0.717) is 12.2 Å². The van der Waals surface area contributed by atoms with E-state index in [1.54, 1.807) is 0 Å². The molecule has 2 unspecified atom stereocenters. The summed E-state index contributed by atoms with van der Waals surface area (Å²) in [6.07, 6.45) is 35.9. The molecule has 5 nitrogen and oxygen atoms in total. The molecule has 0 radical (unpaired) electrons. The van der Waals surface area contributed by atoms with Crippen molar-refractivity contribution in [1.29, 1.82) is 0 Å². The lowest BCUT2D eigenvalue weighted by atomic mass is 9.88. The zero-order valence-corrected chi connectivity index (χ0v) is 24.2. The molecule has 2 aliphatic carbocycles. The number of rotatable bonds is 2. The van der Waals surface area contributed by atoms with Gasteiger partial charge in [0.2, 0.25) is 0 Å². The molecule has 220 valence electrons. The largest absolute Gasteiger partial charge is 0.412 e. The van der Waals surface area contributed by atoms with Crippen molar-refractivity contribution < 1.29 is 25.0 Å². The highest BCUT2D eigenvalue weighted by molar-refractivity contribution is 4.73. The van der Waals surface area contributed by atoms with Crippen molar-refractivity contribution in [3.8, 4) is 0 Å². The van der Waals surface area contributed by atoms with Crippen LogP contribution in [-0.4, -0.2) is 30.9 Å². The van der Waals surface area contributed by atoms with E-state index in [-0.39, 0.29) is 5.48 Å². The minimum absolute atomic E-state index is 0. The first kappa shape index (κ1) is 33.0. The fourth-order valence-corrected chi connectivity index (χ4v) is 6.79. The third kappa shape index (κ3) is 15.2. The van der Waals surface area contributed by atoms with Crippen LogP contribution in [0.1, 0.15) is 167 Å². The van der Waals surface area contributed by atoms with Crippen molar-refractivity contribution in [2.75, 3.05) is 13.2 Å². The molecule has 4 aliphatic rings. The molecule has 2 saturated carbocycles. The second kappa shape index (κ2) is 22.6. The Labute approximate surface area is 229 Å². The third-order valence-electron chi connectivity index (χ3n) is 9.17. The van der Waals surface area contributed by atoms with E-state index >= 15 is 0 Å². The van der Waals surface area contributed by atoms with E-state index in [0.717, 1.165) is 37.9 Å². The van der Waals surface area contributed by atoms with Gasteiger partial charge in [-0.05, 0) is 63.2 Å². The van der Waals surface area contributed by atoms with Gasteiger partial charge in [-0.25, -0.2) is 19.6 Å². The predicted octanol–water partition coefficient (Wildman–Crippen LogP) is 9.21. The summed E-state index contributed by atoms with van der Waals surface area (Å²) < 4.78 is 0. The molecular weight excluding hydrogens is 464 g/mol. The third-order valence-corrected chi connectivity index (χ3v) is 9.17. The maximum atomic E-state index is 5.74. The maximum absolute atomic E-state index is 5.74. The monoisotopic (exact) mass is 526 g/mol. The van der Waals surface area contributed by atoms with Crippen LogP contribution in [0.5, 0.6) is 0 Å². The van der Waals surface area contributed by atoms with Crippen molar-refractivity contribution in [2.24, 2.45) is 11.8 Å². The molecule has 0 aromatic rings. The zero-order chi connectivity index (χ0) is 24.9. The minimum atomic E-state index is 0. The molecule has 2 saturated heterocycles. The summed E-state index contributed by atoms with van der Waals surface area (Å²) in [5.41, 5.74) is 0. The van der Waals surface area contributed by atoms with E-state index in [2.05, 4.69) is 0 Å². The van der Waals surface area contributed by atoms with Gasteiger partial charge in [-0.15, -0.1) is 0 Å². The molecule has 0 spiro atoms. The van der Waals surface area contributed by atoms with Gasteiger partial charge >= 0.3 is 0 Å². The fourth-order valence-electron chi connectivity index (χ4n) is 6.79. The summed E-state index contributed by atoms with van der Waals surface area (Å²) >= 11 is 0. The normalized spacial score (nSPS) is 29.5. The zero-order valence-electron chi connectivity index (χ0n) is 24.2. The summed E-state index contributed by atoms with van der Waals surface area (Å²) in [6, 6.07) is 0. The lowest BCUT2D eigenvalue weighted by Crippen LogP contribution is -2.24. The summed E-state index contributed by atoms with van der Waals surface area (Å²) in [5.74, 6) is 1.50. The first-order chi connectivity index (χ1) is 17.9. The van der Waals surface area contributed by atoms with Crippen molar-refractivity contribution in [1.82, 2.24) is 0 Å². The molecule has 2 heterocycles. The molecule has 5 heteroatoms. The van der Waals surface area contributed by atoms with Gasteiger partial charge in [0.1, 0.15) is 0 Å². The maximum Gasteiger partial charge on any atom is 0.0958 e. The quantitative estimate of drug-likeness (QED) is 0.336. The van der Waals surface area contributed by atoms with Crippen molar-refractivity contribution in [3.05, 3.63) is 0 Å². The van der Waals surface area contributed by atoms with Crippen LogP contribution in [0.25, 0.3) is 0 Å². The highest BCUT2D eigenvalue weighted by Gasteiger charge is 2.25. The minimum Gasteiger partial charge on any atom is -0.412 e. The van der Waals surface area contributed by atoms with Crippen molar-refractivity contribution in [3.63, 3.8) is 0 Å².